The number of carbonyl (C=O) groups is 1. The van der Waals surface area contributed by atoms with E-state index in [-0.39, 0.29) is 16.7 Å². The lowest BCUT2D eigenvalue weighted by Crippen LogP contribution is -2.25. The Kier molecular flexibility index (Phi) is 5.22. The van der Waals surface area contributed by atoms with Gasteiger partial charge in [-0.05, 0) is 38.0 Å². The van der Waals surface area contributed by atoms with Crippen LogP contribution in [0.2, 0.25) is 0 Å². The van der Waals surface area contributed by atoms with Crippen molar-refractivity contribution in [2.75, 3.05) is 6.54 Å². The molecule has 1 atom stereocenters. The predicted molar refractivity (Wildman–Crippen MR) is 64.9 cm³/mol. The average molecular weight is 260 g/mol. The van der Waals surface area contributed by atoms with Crippen molar-refractivity contribution in [2.24, 2.45) is 0 Å². The molecule has 1 amide bonds. The van der Waals surface area contributed by atoms with Gasteiger partial charge in [-0.2, -0.15) is 0 Å². The summed E-state index contributed by atoms with van der Waals surface area (Å²) in [5.41, 5.74) is -0.0519. The molecule has 0 aromatic heterocycles. The van der Waals surface area contributed by atoms with Gasteiger partial charge in [0, 0.05) is 11.9 Å². The molecule has 1 unspecified atom stereocenters. The van der Waals surface area contributed by atoms with E-state index in [1.807, 2.05) is 6.92 Å². The Morgan fingerprint density at radius 2 is 2.29 bits per heavy atom. The second-order valence-corrected chi connectivity index (χ2v) is 4.59. The highest BCUT2D eigenvalue weighted by Gasteiger charge is 2.11. The van der Waals surface area contributed by atoms with Crippen LogP contribution in [0.25, 0.3) is 0 Å². The Balaban J connectivity index is 2.49. The van der Waals surface area contributed by atoms with Crippen LogP contribution in [-0.4, -0.2) is 22.9 Å². The van der Waals surface area contributed by atoms with E-state index >= 15 is 0 Å². The number of amides is 1. The summed E-state index contributed by atoms with van der Waals surface area (Å²) >= 11 is 5.75. The van der Waals surface area contributed by atoms with E-state index in [9.17, 15) is 14.3 Å². The Bertz CT molecular complexity index is 396. The fraction of sp³-hybridized carbons (Fsp3) is 0.417. The lowest BCUT2D eigenvalue weighted by molar-refractivity contribution is 0.0950. The van der Waals surface area contributed by atoms with Gasteiger partial charge in [0.1, 0.15) is 11.6 Å². The number of phenolic OH excluding ortho intramolecular Hbond substituents is 1. The summed E-state index contributed by atoms with van der Waals surface area (Å²) in [5, 5.41) is 12.1. The fourth-order valence-corrected chi connectivity index (χ4v) is 1.52. The van der Waals surface area contributed by atoms with Crippen LogP contribution in [-0.2, 0) is 0 Å². The molecular formula is C12H15ClFNO2. The fourth-order valence-electron chi connectivity index (χ4n) is 1.37. The molecular weight excluding hydrogens is 245 g/mol. The smallest absolute Gasteiger partial charge is 0.255 e. The molecule has 0 saturated carbocycles. The number of aromatic hydroxyl groups is 1. The van der Waals surface area contributed by atoms with Gasteiger partial charge in [0.15, 0.2) is 0 Å². The van der Waals surface area contributed by atoms with Crippen LogP contribution in [0, 0.1) is 5.82 Å². The Hall–Kier alpha value is -1.29. The van der Waals surface area contributed by atoms with Crippen molar-refractivity contribution >= 4 is 17.5 Å². The summed E-state index contributed by atoms with van der Waals surface area (Å²) in [5.74, 6) is -1.26. The van der Waals surface area contributed by atoms with Crippen LogP contribution in [0.4, 0.5) is 4.39 Å². The molecule has 94 valence electrons. The van der Waals surface area contributed by atoms with Gasteiger partial charge >= 0.3 is 0 Å². The molecule has 1 rings (SSSR count). The van der Waals surface area contributed by atoms with Crippen LogP contribution >= 0.6 is 11.6 Å². The molecule has 5 heteroatoms. The lowest BCUT2D eigenvalue weighted by Gasteiger charge is -2.07. The number of benzene rings is 1. The molecule has 0 heterocycles. The van der Waals surface area contributed by atoms with Crippen LogP contribution < -0.4 is 5.32 Å². The molecule has 0 aliphatic rings. The summed E-state index contributed by atoms with van der Waals surface area (Å²) < 4.78 is 12.9. The van der Waals surface area contributed by atoms with Crippen molar-refractivity contribution in [1.82, 2.24) is 5.32 Å². The van der Waals surface area contributed by atoms with E-state index in [4.69, 9.17) is 11.6 Å². The van der Waals surface area contributed by atoms with E-state index in [1.54, 1.807) is 0 Å². The first kappa shape index (κ1) is 13.8. The second kappa shape index (κ2) is 6.45. The van der Waals surface area contributed by atoms with Crippen molar-refractivity contribution in [2.45, 2.75) is 25.1 Å². The molecule has 0 bridgehead atoms. The van der Waals surface area contributed by atoms with Crippen molar-refractivity contribution in [3.8, 4) is 5.75 Å². The van der Waals surface area contributed by atoms with E-state index in [2.05, 4.69) is 5.32 Å². The van der Waals surface area contributed by atoms with Crippen LogP contribution in [0.5, 0.6) is 5.75 Å². The number of carbonyl (C=O) groups excluding carboxylic acids is 1. The van der Waals surface area contributed by atoms with Gasteiger partial charge in [-0.1, -0.05) is 0 Å². The zero-order valence-corrected chi connectivity index (χ0v) is 10.3. The van der Waals surface area contributed by atoms with Crippen LogP contribution in [0.3, 0.4) is 0 Å². The molecule has 0 aliphatic carbocycles. The summed E-state index contributed by atoms with van der Waals surface area (Å²) in [6.07, 6.45) is 1.53. The molecule has 0 aliphatic heterocycles. The van der Waals surface area contributed by atoms with Crippen molar-refractivity contribution in [1.29, 1.82) is 0 Å². The van der Waals surface area contributed by atoms with Crippen molar-refractivity contribution < 1.29 is 14.3 Å². The van der Waals surface area contributed by atoms with Gasteiger partial charge in [0.25, 0.3) is 5.91 Å². The van der Waals surface area contributed by atoms with Crippen LogP contribution in [0.1, 0.15) is 30.1 Å². The minimum absolute atomic E-state index is 0.0519. The number of hydrogen-bond acceptors (Lipinski definition) is 2. The van der Waals surface area contributed by atoms with Gasteiger partial charge < -0.3 is 10.4 Å². The Labute approximate surface area is 105 Å². The highest BCUT2D eigenvalue weighted by atomic mass is 35.5. The number of nitrogens with one attached hydrogen (secondary N) is 1. The minimum atomic E-state index is -0.553. The number of hydrogen-bond donors (Lipinski definition) is 2. The van der Waals surface area contributed by atoms with Gasteiger partial charge in [-0.25, -0.2) is 4.39 Å². The normalized spacial score (nSPS) is 12.2. The van der Waals surface area contributed by atoms with E-state index in [1.165, 1.54) is 0 Å². The third-order valence-corrected chi connectivity index (χ3v) is 2.49. The maximum atomic E-state index is 12.9. The van der Waals surface area contributed by atoms with Gasteiger partial charge in [0.05, 0.1) is 5.56 Å². The minimum Gasteiger partial charge on any atom is -0.507 e. The topological polar surface area (TPSA) is 49.3 Å². The van der Waals surface area contributed by atoms with E-state index in [0.717, 1.165) is 31.0 Å². The molecule has 0 radical (unpaired) electrons. The Morgan fingerprint density at radius 1 is 1.59 bits per heavy atom. The summed E-state index contributed by atoms with van der Waals surface area (Å²) in [6, 6.07) is 3.27. The second-order valence-electron chi connectivity index (χ2n) is 3.84. The maximum Gasteiger partial charge on any atom is 0.255 e. The molecule has 3 nitrogen and oxygen atoms in total. The van der Waals surface area contributed by atoms with Gasteiger partial charge in [0.2, 0.25) is 0 Å². The first-order valence-corrected chi connectivity index (χ1v) is 5.85. The Morgan fingerprint density at radius 3 is 2.94 bits per heavy atom. The quantitative estimate of drug-likeness (QED) is 0.631. The molecule has 1 aromatic rings. The average Bonchev–Trinajstić information content (AvgIpc) is 2.27. The molecule has 0 fully saturated rings. The first-order valence-electron chi connectivity index (χ1n) is 5.41. The number of rotatable bonds is 5. The molecule has 0 saturated heterocycles. The summed E-state index contributed by atoms with van der Waals surface area (Å²) in [4.78, 5) is 11.6. The maximum absolute atomic E-state index is 12.9. The van der Waals surface area contributed by atoms with Crippen molar-refractivity contribution in [3.05, 3.63) is 29.6 Å². The third kappa shape index (κ3) is 4.61. The molecule has 2 N–H and O–H groups in total. The monoisotopic (exact) mass is 259 g/mol. The van der Waals surface area contributed by atoms with E-state index < -0.39 is 11.7 Å². The zero-order chi connectivity index (χ0) is 12.8. The third-order valence-electron chi connectivity index (χ3n) is 2.27. The zero-order valence-electron chi connectivity index (χ0n) is 9.54. The van der Waals surface area contributed by atoms with Crippen LogP contribution in [0.15, 0.2) is 18.2 Å². The summed E-state index contributed by atoms with van der Waals surface area (Å²) in [6.45, 7) is 2.33. The molecule has 0 spiro atoms. The molecule has 17 heavy (non-hydrogen) atoms. The largest absolute Gasteiger partial charge is 0.507 e. The predicted octanol–water partition coefficient (Wildman–Crippen LogP) is 2.67. The highest BCUT2D eigenvalue weighted by molar-refractivity contribution is 6.20. The SMILES string of the molecule is CC(Cl)CCCNC(=O)c1cc(F)ccc1O. The van der Waals surface area contributed by atoms with E-state index in [0.29, 0.717) is 6.54 Å². The number of alkyl halides is 1. The first-order chi connectivity index (χ1) is 8.00. The lowest BCUT2D eigenvalue weighted by atomic mass is 10.1. The number of phenols is 1. The summed E-state index contributed by atoms with van der Waals surface area (Å²) in [7, 11) is 0. The van der Waals surface area contributed by atoms with Gasteiger partial charge in [-0.3, -0.25) is 4.79 Å². The highest BCUT2D eigenvalue weighted by Crippen LogP contribution is 2.17. The van der Waals surface area contributed by atoms with Crippen molar-refractivity contribution in [3.63, 3.8) is 0 Å². The standard InChI is InChI=1S/C12H15ClFNO2/c1-8(13)3-2-6-15-12(17)10-7-9(14)4-5-11(10)16/h4-5,7-8,16H,2-3,6H2,1H3,(H,15,17). The molecule has 1 aromatic carbocycles. The number of halogens is 2. The van der Waals surface area contributed by atoms with Gasteiger partial charge in [-0.15, -0.1) is 11.6 Å².